The molecule has 1 aliphatic carbocycles. The van der Waals surface area contributed by atoms with E-state index in [1.54, 1.807) is 53.7 Å². The Labute approximate surface area is 498 Å². The number of ether oxygens (including phenoxy) is 10. The first-order chi connectivity index (χ1) is 39.5. The Morgan fingerprint density at radius 2 is 1.50 bits per heavy atom. The van der Waals surface area contributed by atoms with Gasteiger partial charge in [0.25, 0.3) is 0 Å². The fourth-order valence-corrected chi connectivity index (χ4v) is 12.6. The molecule has 4 aliphatic rings. The minimum absolute atomic E-state index is 0.0236. The van der Waals surface area contributed by atoms with Gasteiger partial charge in [0, 0.05) is 81.7 Å². The van der Waals surface area contributed by atoms with E-state index in [1.807, 2.05) is 37.4 Å². The van der Waals surface area contributed by atoms with E-state index in [1.165, 1.54) is 34.3 Å². The highest BCUT2D eigenvalue weighted by Gasteiger charge is 2.55. The molecule has 4 fully saturated rings. The number of hydrogen-bond donors (Lipinski definition) is 6. The number of esters is 2. The Morgan fingerprint density at radius 1 is 0.857 bits per heavy atom. The van der Waals surface area contributed by atoms with Crippen molar-refractivity contribution in [3.05, 3.63) is 39.1 Å². The van der Waals surface area contributed by atoms with Crippen LogP contribution in [-0.2, 0) is 61.8 Å². The number of aromatic nitrogens is 1. The van der Waals surface area contributed by atoms with Gasteiger partial charge in [-0.25, -0.2) is 4.79 Å². The average Bonchev–Trinajstić information content (AvgIpc) is 1.82. The maximum Gasteiger partial charge on any atom is 0.341 e. The third-order valence-electron chi connectivity index (χ3n) is 17.6. The number of ketones is 1. The zero-order valence-corrected chi connectivity index (χ0v) is 52.3. The molecule has 0 bridgehead atoms. The minimum atomic E-state index is -2.03. The number of likely N-dealkylation sites (N-methyl/N-ethyl adjacent to an activating group) is 1. The Balaban J connectivity index is 1.05. The molecule has 0 spiro atoms. The number of pyridine rings is 1. The number of carbonyl (C=O) groups is 4. The molecule has 4 heterocycles. The maximum atomic E-state index is 14.6. The monoisotopic (exact) mass is 1210 g/mol. The molecule has 2 aromatic rings. The molecule has 1 saturated carbocycles. The lowest BCUT2D eigenvalue weighted by molar-refractivity contribution is -0.320. The topological polar surface area (TPSA) is 291 Å². The number of carbonyl (C=O) groups excluding carboxylic acids is 3. The molecule has 0 radical (unpaired) electrons. The Kier molecular flexibility index (Phi) is 24.6. The van der Waals surface area contributed by atoms with Gasteiger partial charge in [0.2, 0.25) is 5.43 Å². The van der Waals surface area contributed by atoms with Crippen LogP contribution in [0.1, 0.15) is 131 Å². The Hall–Kier alpha value is -3.92. The van der Waals surface area contributed by atoms with E-state index in [0.717, 1.165) is 12.8 Å². The van der Waals surface area contributed by atoms with Crippen LogP contribution in [0.5, 0.6) is 0 Å². The third-order valence-corrected chi connectivity index (χ3v) is 18.0. The second-order valence-corrected chi connectivity index (χ2v) is 24.8. The quantitative estimate of drug-likeness (QED) is 0.0587. The van der Waals surface area contributed by atoms with E-state index < -0.39 is 119 Å². The maximum absolute atomic E-state index is 14.6. The molecule has 6 rings (SSSR count). The number of fused-ring (bicyclic) bond motifs is 1. The van der Waals surface area contributed by atoms with E-state index >= 15 is 0 Å². The molecule has 0 amide bonds. The zero-order valence-electron chi connectivity index (χ0n) is 51.6. The van der Waals surface area contributed by atoms with Crippen molar-refractivity contribution < 1.29 is 87.0 Å². The highest BCUT2D eigenvalue weighted by Crippen LogP contribution is 2.43. The van der Waals surface area contributed by atoms with Crippen LogP contribution < -0.4 is 16.1 Å². The van der Waals surface area contributed by atoms with Gasteiger partial charge in [0.1, 0.15) is 34.8 Å². The molecule has 0 unspecified atom stereocenters. The van der Waals surface area contributed by atoms with Crippen LogP contribution in [0, 0.1) is 23.7 Å². The van der Waals surface area contributed by atoms with Gasteiger partial charge in [-0.05, 0) is 99.9 Å². The normalized spacial score (nSPS) is 35.6. The number of aromatic carboxylic acids is 1. The molecule has 3 aliphatic heterocycles. The molecule has 23 nitrogen and oxygen atoms in total. The lowest BCUT2D eigenvalue weighted by Crippen LogP contribution is -2.61. The van der Waals surface area contributed by atoms with Crippen molar-refractivity contribution >= 4 is 51.9 Å². The Bertz CT molecular complexity index is 2600. The van der Waals surface area contributed by atoms with E-state index in [4.69, 9.17) is 59.0 Å². The number of anilines is 1. The number of aliphatic hydroxyl groups is 3. The number of rotatable bonds is 24. The molecule has 1 aromatic carbocycles. The summed E-state index contributed by atoms with van der Waals surface area (Å²) < 4.78 is 64.5. The molecule has 24 heteroatoms. The SMILES string of the molecule is CC[C@H]1OC(=O)[C@H](C)[C@@H](O[C@H]2C[C@@](C)(OC)[C@@H](OC(=O)CCNCCOCCOCCNc3cc4c(=O)c(C(=O)O)cn(C5CC5)c4cc3Cl)[C@H](C)O2)[C@H](C)[C@@H](O[C@H]2O[C@@H](C)C[C@@H](N(C)C)[C@@H]2O)[C@](C)(OC)C[C@@H](C)C(=O)[C@H](C)[C@@H](O)[C@]1(C)O. The van der Waals surface area contributed by atoms with Crippen molar-refractivity contribution in [1.29, 1.82) is 0 Å². The predicted octanol–water partition coefficient (Wildman–Crippen LogP) is 5.12. The number of carboxylic acid groups (broad SMARTS) is 1. The number of methoxy groups -OCH3 is 2. The number of cyclic esters (lactones) is 1. The van der Waals surface area contributed by atoms with E-state index in [2.05, 4.69) is 10.6 Å². The number of carboxylic acids is 1. The number of hydrogen-bond acceptors (Lipinski definition) is 21. The van der Waals surface area contributed by atoms with Gasteiger partial charge in [0.05, 0.1) is 91.1 Å². The minimum Gasteiger partial charge on any atom is -0.477 e. The van der Waals surface area contributed by atoms with Gasteiger partial charge in [-0.1, -0.05) is 39.3 Å². The largest absolute Gasteiger partial charge is 0.477 e. The first kappa shape index (κ1) is 69.2. The van der Waals surface area contributed by atoms with Crippen LogP contribution in [0.2, 0.25) is 5.02 Å². The number of halogens is 1. The van der Waals surface area contributed by atoms with Gasteiger partial charge >= 0.3 is 17.9 Å². The molecule has 1 aromatic heterocycles. The van der Waals surface area contributed by atoms with Gasteiger partial charge in [-0.3, -0.25) is 19.2 Å². The lowest BCUT2D eigenvalue weighted by atomic mass is 9.74. The van der Waals surface area contributed by atoms with Crippen molar-refractivity contribution in [2.45, 2.75) is 204 Å². The van der Waals surface area contributed by atoms with Crippen molar-refractivity contribution in [2.75, 3.05) is 79.7 Å². The second kappa shape index (κ2) is 29.9. The van der Waals surface area contributed by atoms with E-state index in [-0.39, 0.29) is 60.6 Å². The van der Waals surface area contributed by atoms with Crippen LogP contribution in [0.4, 0.5) is 5.69 Å². The van der Waals surface area contributed by atoms with Crippen LogP contribution in [0.15, 0.2) is 23.1 Å². The summed E-state index contributed by atoms with van der Waals surface area (Å²) in [6, 6.07) is 3.08. The molecule has 476 valence electrons. The van der Waals surface area contributed by atoms with Crippen molar-refractivity contribution in [3.8, 4) is 0 Å². The summed E-state index contributed by atoms with van der Waals surface area (Å²) >= 11 is 6.57. The van der Waals surface area contributed by atoms with Crippen LogP contribution in [0.25, 0.3) is 10.9 Å². The first-order valence-electron chi connectivity index (χ1n) is 29.7. The van der Waals surface area contributed by atoms with Crippen molar-refractivity contribution in [1.82, 2.24) is 14.8 Å². The number of nitrogens with one attached hydrogen (secondary N) is 2. The van der Waals surface area contributed by atoms with Crippen LogP contribution in [0.3, 0.4) is 0 Å². The molecule has 18 atom stereocenters. The fourth-order valence-electron chi connectivity index (χ4n) is 12.3. The Morgan fingerprint density at radius 3 is 2.11 bits per heavy atom. The van der Waals surface area contributed by atoms with Crippen molar-refractivity contribution in [2.24, 2.45) is 23.7 Å². The summed E-state index contributed by atoms with van der Waals surface area (Å²) in [7, 11) is 6.72. The van der Waals surface area contributed by atoms with Crippen molar-refractivity contribution in [3.63, 3.8) is 0 Å². The number of benzene rings is 1. The highest BCUT2D eigenvalue weighted by molar-refractivity contribution is 6.34. The summed E-state index contributed by atoms with van der Waals surface area (Å²) in [6.45, 7) is 19.4. The van der Waals surface area contributed by atoms with E-state index in [0.29, 0.717) is 68.7 Å². The summed E-state index contributed by atoms with van der Waals surface area (Å²) in [4.78, 5) is 69.0. The summed E-state index contributed by atoms with van der Waals surface area (Å²) in [5.74, 6) is -6.62. The average molecular weight is 1210 g/mol. The highest BCUT2D eigenvalue weighted by atomic mass is 35.5. The smallest absolute Gasteiger partial charge is 0.341 e. The zero-order chi connectivity index (χ0) is 62.2. The predicted molar refractivity (Wildman–Crippen MR) is 311 cm³/mol. The lowest BCUT2D eigenvalue weighted by Gasteiger charge is -2.50. The molecular weight excluding hydrogens is 1120 g/mol. The number of aliphatic hydroxyl groups excluding tert-OH is 2. The van der Waals surface area contributed by atoms with Crippen LogP contribution >= 0.6 is 11.6 Å². The number of nitrogens with zero attached hydrogens (tertiary/aromatic N) is 2. The molecular formula is C60H95ClN4O19. The third kappa shape index (κ3) is 16.4. The van der Waals surface area contributed by atoms with Gasteiger partial charge in [-0.15, -0.1) is 0 Å². The first-order valence-corrected chi connectivity index (χ1v) is 30.0. The molecule has 6 N–H and O–H groups in total. The van der Waals surface area contributed by atoms with Gasteiger partial charge in [0.15, 0.2) is 18.7 Å². The van der Waals surface area contributed by atoms with Gasteiger partial charge < -0.3 is 87.9 Å². The van der Waals surface area contributed by atoms with E-state index in [9.17, 15) is 44.4 Å². The second-order valence-electron chi connectivity index (χ2n) is 24.4. The van der Waals surface area contributed by atoms with Crippen LogP contribution in [-0.4, -0.2) is 212 Å². The molecule has 84 heavy (non-hydrogen) atoms. The summed E-state index contributed by atoms with van der Waals surface area (Å²) in [6.07, 6.45) is -6.39. The summed E-state index contributed by atoms with van der Waals surface area (Å²) in [5.41, 5.74) is -4.28. The fraction of sp³-hybridized carbons (Fsp3) is 0.783. The van der Waals surface area contributed by atoms with Gasteiger partial charge in [-0.2, -0.15) is 0 Å². The molecule has 3 saturated heterocycles. The summed E-state index contributed by atoms with van der Waals surface area (Å²) in [5, 5.41) is 52.0. The number of Topliss-reactive ketones (excluding diaryl/α,β-unsaturated/α-hetero) is 1. The standard InChI is InChI=1S/C60H95ClN4O19/c1-15-45-60(10,74)52(70)34(4)48(67)32(2)29-58(8,75-13)53(84-57-50(69)44(64(11)12)26-33(3)79-57)35(5)51(36(6)56(73)81-45)83-47-30-59(9,76-14)54(37(7)80-47)82-46(66)18-19-62-20-22-77-24-25-78-23-21-63-42-27-39-43(28-41(42)61)65(38-16-17-38)31-40(49(39)68)55(71)72/h27-28,31-38,44-45,47,50-54,57,62-63,69-70,74H,15-26,29-30H2,1-14H3,(H,71,72)/t32-,33+,34+,35+,36-,37+,44-,45-,47+,50+,51+,52-,53-,54+,57-,58-,59-,60-/m1/s1.